The molecule has 1 amide bonds. The molecule has 3 aromatic rings. The summed E-state index contributed by atoms with van der Waals surface area (Å²) in [7, 11) is 0. The van der Waals surface area contributed by atoms with E-state index in [1.54, 1.807) is 0 Å². The minimum atomic E-state index is 0.0910. The van der Waals surface area contributed by atoms with Crippen molar-refractivity contribution >= 4 is 40.3 Å². The number of rotatable bonds is 6. The van der Waals surface area contributed by atoms with Gasteiger partial charge in [-0.25, -0.2) is 4.98 Å². The number of benzene rings is 2. The molecule has 4 nitrogen and oxygen atoms in total. The van der Waals surface area contributed by atoms with Gasteiger partial charge in [0.2, 0.25) is 5.91 Å². The highest BCUT2D eigenvalue weighted by atomic mass is 35.5. The van der Waals surface area contributed by atoms with Crippen LogP contribution in [0.25, 0.3) is 11.0 Å². The summed E-state index contributed by atoms with van der Waals surface area (Å²) in [6.45, 7) is 0.714. The summed E-state index contributed by atoms with van der Waals surface area (Å²) in [6, 6.07) is 16.4. The van der Waals surface area contributed by atoms with Gasteiger partial charge in [0.15, 0.2) is 5.16 Å². The maximum atomic E-state index is 12.4. The number of aromatic nitrogens is 2. The minimum absolute atomic E-state index is 0.0910. The van der Waals surface area contributed by atoms with Gasteiger partial charge in [-0.15, -0.1) is 0 Å². The van der Waals surface area contributed by atoms with Crippen molar-refractivity contribution in [2.45, 2.75) is 49.8 Å². The number of nitrogens with one attached hydrogen (secondary N) is 1. The third-order valence-electron chi connectivity index (χ3n) is 5.16. The molecule has 6 heteroatoms. The molecular weight excluding hydrogens is 390 g/mol. The first-order valence-electron chi connectivity index (χ1n) is 9.81. The zero-order valence-electron chi connectivity index (χ0n) is 15.7. The number of carbonyl (C=O) groups is 1. The standard InChI is InChI=1S/C22H24ClN3OS/c23-17-11-12-20-19(13-17)25-22(26(20)14-16-7-3-1-4-8-16)28-15-21(27)24-18-9-5-2-6-10-18/h1,3-4,7-8,11-13,18H,2,5-6,9-10,14-15H2,(H,24,27). The van der Waals surface area contributed by atoms with Crippen LogP contribution < -0.4 is 5.32 Å². The van der Waals surface area contributed by atoms with Gasteiger partial charge in [-0.1, -0.05) is 73.0 Å². The predicted octanol–water partition coefficient (Wildman–Crippen LogP) is 5.28. The predicted molar refractivity (Wildman–Crippen MR) is 116 cm³/mol. The molecule has 146 valence electrons. The molecule has 0 bridgehead atoms. The van der Waals surface area contributed by atoms with E-state index in [-0.39, 0.29) is 5.91 Å². The van der Waals surface area contributed by atoms with Crippen molar-refractivity contribution in [3.8, 4) is 0 Å². The number of halogens is 1. The second-order valence-electron chi connectivity index (χ2n) is 7.29. The first-order chi connectivity index (χ1) is 13.7. The quantitative estimate of drug-likeness (QED) is 0.559. The Morgan fingerprint density at radius 2 is 1.93 bits per heavy atom. The molecule has 0 radical (unpaired) electrons. The Morgan fingerprint density at radius 3 is 2.71 bits per heavy atom. The summed E-state index contributed by atoms with van der Waals surface area (Å²) in [4.78, 5) is 17.2. The van der Waals surface area contributed by atoms with Crippen molar-refractivity contribution in [2.24, 2.45) is 0 Å². The molecule has 1 aliphatic carbocycles. The van der Waals surface area contributed by atoms with Crippen LogP contribution in [0.5, 0.6) is 0 Å². The fraction of sp³-hybridized carbons (Fsp3) is 0.364. The second kappa shape index (κ2) is 9.01. The van der Waals surface area contributed by atoms with Gasteiger partial charge in [0, 0.05) is 11.1 Å². The molecule has 1 aromatic heterocycles. The van der Waals surface area contributed by atoms with Gasteiger partial charge in [0.25, 0.3) is 0 Å². The summed E-state index contributed by atoms with van der Waals surface area (Å²) in [5.41, 5.74) is 3.09. The average molecular weight is 414 g/mol. The zero-order chi connectivity index (χ0) is 19.3. The van der Waals surface area contributed by atoms with Crippen molar-refractivity contribution in [1.29, 1.82) is 0 Å². The lowest BCUT2D eigenvalue weighted by atomic mass is 9.95. The zero-order valence-corrected chi connectivity index (χ0v) is 17.3. The molecule has 1 heterocycles. The minimum Gasteiger partial charge on any atom is -0.353 e. The van der Waals surface area contributed by atoms with Crippen LogP contribution in [-0.2, 0) is 11.3 Å². The lowest BCUT2D eigenvalue weighted by Gasteiger charge is -2.22. The van der Waals surface area contributed by atoms with Gasteiger partial charge in [0.05, 0.1) is 23.3 Å². The normalized spacial score (nSPS) is 15.0. The molecule has 1 fully saturated rings. The Hall–Kier alpha value is -1.98. The van der Waals surface area contributed by atoms with Crippen LogP contribution in [0, 0.1) is 0 Å². The largest absolute Gasteiger partial charge is 0.353 e. The van der Waals surface area contributed by atoms with Crippen LogP contribution in [0.1, 0.15) is 37.7 Å². The van der Waals surface area contributed by atoms with Crippen molar-refractivity contribution < 1.29 is 4.79 Å². The van der Waals surface area contributed by atoms with E-state index in [0.29, 0.717) is 23.4 Å². The topological polar surface area (TPSA) is 46.9 Å². The number of hydrogen-bond acceptors (Lipinski definition) is 3. The summed E-state index contributed by atoms with van der Waals surface area (Å²) < 4.78 is 2.17. The van der Waals surface area contributed by atoms with E-state index >= 15 is 0 Å². The molecule has 0 saturated heterocycles. The summed E-state index contributed by atoms with van der Waals surface area (Å²) in [5.74, 6) is 0.468. The van der Waals surface area contributed by atoms with E-state index < -0.39 is 0 Å². The van der Waals surface area contributed by atoms with E-state index in [4.69, 9.17) is 16.6 Å². The Bertz CT molecular complexity index is 951. The fourth-order valence-corrected chi connectivity index (χ4v) is 4.75. The molecule has 0 spiro atoms. The first-order valence-corrected chi connectivity index (χ1v) is 11.2. The molecule has 28 heavy (non-hydrogen) atoms. The average Bonchev–Trinajstić information content (AvgIpc) is 3.04. The fourth-order valence-electron chi connectivity index (χ4n) is 3.76. The van der Waals surface area contributed by atoms with Crippen LogP contribution >= 0.6 is 23.4 Å². The van der Waals surface area contributed by atoms with Gasteiger partial charge in [-0.3, -0.25) is 4.79 Å². The van der Waals surface area contributed by atoms with E-state index in [2.05, 4.69) is 22.0 Å². The third-order valence-corrected chi connectivity index (χ3v) is 6.37. The Labute approximate surface area is 174 Å². The van der Waals surface area contributed by atoms with Crippen molar-refractivity contribution in [3.05, 3.63) is 59.1 Å². The Kier molecular flexibility index (Phi) is 6.23. The van der Waals surface area contributed by atoms with E-state index in [0.717, 1.165) is 29.0 Å². The van der Waals surface area contributed by atoms with Crippen LogP contribution in [0.3, 0.4) is 0 Å². The number of thioether (sulfide) groups is 1. The van der Waals surface area contributed by atoms with Gasteiger partial charge >= 0.3 is 0 Å². The van der Waals surface area contributed by atoms with Crippen LogP contribution in [0.4, 0.5) is 0 Å². The molecule has 1 aliphatic rings. The number of hydrogen-bond donors (Lipinski definition) is 1. The molecule has 0 aliphatic heterocycles. The van der Waals surface area contributed by atoms with E-state index in [1.807, 2.05) is 36.4 Å². The molecule has 1 saturated carbocycles. The SMILES string of the molecule is O=C(CSc1nc2cc(Cl)ccc2n1Cc1ccccc1)NC1CCCCC1. The summed E-state index contributed by atoms with van der Waals surface area (Å²) >= 11 is 7.65. The number of nitrogens with zero attached hydrogens (tertiary/aromatic N) is 2. The second-order valence-corrected chi connectivity index (χ2v) is 8.67. The Balaban J connectivity index is 1.51. The number of amides is 1. The van der Waals surface area contributed by atoms with Crippen LogP contribution in [-0.4, -0.2) is 27.3 Å². The van der Waals surface area contributed by atoms with Crippen LogP contribution in [0.2, 0.25) is 5.02 Å². The van der Waals surface area contributed by atoms with Crippen LogP contribution in [0.15, 0.2) is 53.7 Å². The number of carbonyl (C=O) groups excluding carboxylic acids is 1. The smallest absolute Gasteiger partial charge is 0.230 e. The van der Waals surface area contributed by atoms with E-state index in [1.165, 1.54) is 36.6 Å². The highest BCUT2D eigenvalue weighted by molar-refractivity contribution is 7.99. The molecule has 4 rings (SSSR count). The monoisotopic (exact) mass is 413 g/mol. The number of fused-ring (bicyclic) bond motifs is 1. The lowest BCUT2D eigenvalue weighted by Crippen LogP contribution is -2.37. The molecular formula is C22H24ClN3OS. The maximum absolute atomic E-state index is 12.4. The van der Waals surface area contributed by atoms with Crippen molar-refractivity contribution in [1.82, 2.24) is 14.9 Å². The highest BCUT2D eigenvalue weighted by Gasteiger charge is 2.18. The molecule has 0 atom stereocenters. The van der Waals surface area contributed by atoms with E-state index in [9.17, 15) is 4.79 Å². The van der Waals surface area contributed by atoms with Gasteiger partial charge in [0.1, 0.15) is 0 Å². The number of imidazole rings is 1. The summed E-state index contributed by atoms with van der Waals surface area (Å²) in [6.07, 6.45) is 5.91. The summed E-state index contributed by atoms with van der Waals surface area (Å²) in [5, 5.41) is 4.70. The van der Waals surface area contributed by atoms with Gasteiger partial charge in [-0.2, -0.15) is 0 Å². The molecule has 1 N–H and O–H groups in total. The Morgan fingerprint density at radius 1 is 1.14 bits per heavy atom. The van der Waals surface area contributed by atoms with Crippen molar-refractivity contribution in [2.75, 3.05) is 5.75 Å². The van der Waals surface area contributed by atoms with Gasteiger partial charge < -0.3 is 9.88 Å². The van der Waals surface area contributed by atoms with Crippen molar-refractivity contribution in [3.63, 3.8) is 0 Å². The van der Waals surface area contributed by atoms with Gasteiger partial charge in [-0.05, 0) is 36.6 Å². The third kappa shape index (κ3) is 4.70. The molecule has 0 unspecified atom stereocenters. The highest BCUT2D eigenvalue weighted by Crippen LogP contribution is 2.27. The lowest BCUT2D eigenvalue weighted by molar-refractivity contribution is -0.119. The first kappa shape index (κ1) is 19.3. The maximum Gasteiger partial charge on any atom is 0.230 e. The molecule has 2 aromatic carbocycles.